The van der Waals surface area contributed by atoms with Gasteiger partial charge in [-0.25, -0.2) is 0 Å². The first kappa shape index (κ1) is 17.9. The number of hydrogen-bond donors (Lipinski definition) is 2. The van der Waals surface area contributed by atoms with Gasteiger partial charge >= 0.3 is 0 Å². The Morgan fingerprint density at radius 3 is 2.33 bits per heavy atom. The molecule has 0 aliphatic carbocycles. The van der Waals surface area contributed by atoms with Gasteiger partial charge in [-0.05, 0) is 57.0 Å². The third kappa shape index (κ3) is 5.06. The lowest BCUT2D eigenvalue weighted by Crippen LogP contribution is -2.32. The number of hydrogen-bond acceptors (Lipinski definition) is 3. The van der Waals surface area contributed by atoms with E-state index in [0.29, 0.717) is 0 Å². The van der Waals surface area contributed by atoms with Crippen LogP contribution in [0.2, 0.25) is 0 Å². The SMILES string of the molecule is Cc1cc(C)c(NC(=O)CNC(=O)/C=C/c2ccc(C)s2)c(C)c1. The Hall–Kier alpha value is -2.40. The highest BCUT2D eigenvalue weighted by molar-refractivity contribution is 7.12. The average Bonchev–Trinajstić information content (AvgIpc) is 2.92. The van der Waals surface area contributed by atoms with Gasteiger partial charge in [0.25, 0.3) is 0 Å². The summed E-state index contributed by atoms with van der Waals surface area (Å²) < 4.78 is 0. The molecule has 5 heteroatoms. The molecule has 0 saturated heterocycles. The second kappa shape index (κ2) is 7.93. The molecule has 0 aliphatic heterocycles. The van der Waals surface area contributed by atoms with Gasteiger partial charge in [-0.3, -0.25) is 9.59 Å². The zero-order valence-corrected chi connectivity index (χ0v) is 15.2. The fourth-order valence-electron chi connectivity index (χ4n) is 2.49. The summed E-state index contributed by atoms with van der Waals surface area (Å²) in [4.78, 5) is 26.0. The van der Waals surface area contributed by atoms with E-state index in [4.69, 9.17) is 0 Å². The molecule has 2 amide bonds. The quantitative estimate of drug-likeness (QED) is 0.813. The number of aryl methyl sites for hydroxylation is 4. The van der Waals surface area contributed by atoms with Crippen LogP contribution in [0, 0.1) is 27.7 Å². The molecule has 2 aromatic rings. The first-order valence-electron chi connectivity index (χ1n) is 7.75. The summed E-state index contributed by atoms with van der Waals surface area (Å²) in [5.74, 6) is -0.521. The Balaban J connectivity index is 1.87. The van der Waals surface area contributed by atoms with Crippen LogP contribution in [-0.2, 0) is 9.59 Å². The van der Waals surface area contributed by atoms with Crippen LogP contribution in [-0.4, -0.2) is 18.4 Å². The van der Waals surface area contributed by atoms with Crippen LogP contribution < -0.4 is 10.6 Å². The minimum Gasteiger partial charge on any atom is -0.343 e. The van der Waals surface area contributed by atoms with Crippen molar-refractivity contribution in [1.82, 2.24) is 5.32 Å². The number of benzene rings is 1. The molecule has 126 valence electrons. The van der Waals surface area contributed by atoms with Crippen molar-refractivity contribution in [1.29, 1.82) is 0 Å². The van der Waals surface area contributed by atoms with E-state index in [1.54, 1.807) is 17.4 Å². The Labute approximate surface area is 146 Å². The molecule has 0 bridgehead atoms. The molecule has 4 nitrogen and oxygen atoms in total. The van der Waals surface area contributed by atoms with Crippen molar-refractivity contribution < 1.29 is 9.59 Å². The predicted octanol–water partition coefficient (Wildman–Crippen LogP) is 3.75. The van der Waals surface area contributed by atoms with E-state index in [1.807, 2.05) is 52.0 Å². The molecule has 0 unspecified atom stereocenters. The van der Waals surface area contributed by atoms with Crippen LogP contribution in [0.1, 0.15) is 26.4 Å². The topological polar surface area (TPSA) is 58.2 Å². The summed E-state index contributed by atoms with van der Waals surface area (Å²) in [7, 11) is 0. The smallest absolute Gasteiger partial charge is 0.244 e. The van der Waals surface area contributed by atoms with Crippen molar-refractivity contribution in [3.63, 3.8) is 0 Å². The maximum Gasteiger partial charge on any atom is 0.244 e. The molecule has 0 fully saturated rings. The molecule has 1 aromatic carbocycles. The van der Waals surface area contributed by atoms with Gasteiger partial charge in [-0.1, -0.05) is 17.7 Å². The molecule has 0 spiro atoms. The van der Waals surface area contributed by atoms with Gasteiger partial charge in [0, 0.05) is 21.5 Å². The largest absolute Gasteiger partial charge is 0.343 e. The summed E-state index contributed by atoms with van der Waals surface area (Å²) in [6, 6.07) is 8.00. The van der Waals surface area contributed by atoms with Crippen LogP contribution in [0.15, 0.2) is 30.3 Å². The van der Waals surface area contributed by atoms with Crippen LogP contribution in [0.25, 0.3) is 6.08 Å². The molecule has 2 rings (SSSR count). The fraction of sp³-hybridized carbons (Fsp3) is 0.263. The molecule has 24 heavy (non-hydrogen) atoms. The van der Waals surface area contributed by atoms with E-state index in [9.17, 15) is 9.59 Å². The summed E-state index contributed by atoms with van der Waals surface area (Å²) in [5, 5.41) is 5.46. The van der Waals surface area contributed by atoms with E-state index in [0.717, 1.165) is 27.3 Å². The Morgan fingerprint density at radius 2 is 1.75 bits per heavy atom. The Kier molecular flexibility index (Phi) is 5.93. The van der Waals surface area contributed by atoms with E-state index in [2.05, 4.69) is 10.6 Å². The Bertz CT molecular complexity index is 767. The van der Waals surface area contributed by atoms with E-state index in [1.165, 1.54) is 11.0 Å². The van der Waals surface area contributed by atoms with Crippen LogP contribution >= 0.6 is 11.3 Å². The zero-order valence-electron chi connectivity index (χ0n) is 14.4. The highest BCUT2D eigenvalue weighted by Gasteiger charge is 2.09. The van der Waals surface area contributed by atoms with Gasteiger partial charge in [-0.2, -0.15) is 0 Å². The second-order valence-corrected chi connectivity index (χ2v) is 7.14. The standard InChI is InChI=1S/C19H22N2O2S/c1-12-9-13(2)19(14(3)10-12)21-18(23)11-20-17(22)8-7-16-6-5-15(4)24-16/h5-10H,11H2,1-4H3,(H,20,22)(H,21,23)/b8-7+. The van der Waals surface area contributed by atoms with Gasteiger partial charge in [0.1, 0.15) is 0 Å². The number of thiophene rings is 1. The second-order valence-electron chi connectivity index (χ2n) is 5.82. The molecule has 0 radical (unpaired) electrons. The molecule has 0 aliphatic rings. The zero-order chi connectivity index (χ0) is 17.7. The lowest BCUT2D eigenvalue weighted by atomic mass is 10.1. The number of carbonyl (C=O) groups excluding carboxylic acids is 2. The van der Waals surface area contributed by atoms with Crippen molar-refractivity contribution in [3.8, 4) is 0 Å². The van der Waals surface area contributed by atoms with Crippen LogP contribution in [0.4, 0.5) is 5.69 Å². The monoisotopic (exact) mass is 342 g/mol. The van der Waals surface area contributed by atoms with Gasteiger partial charge in [0.15, 0.2) is 0 Å². The average molecular weight is 342 g/mol. The molecule has 0 saturated carbocycles. The first-order valence-corrected chi connectivity index (χ1v) is 8.57. The lowest BCUT2D eigenvalue weighted by molar-refractivity contribution is -0.121. The number of amides is 2. The third-order valence-electron chi connectivity index (χ3n) is 3.52. The van der Waals surface area contributed by atoms with E-state index >= 15 is 0 Å². The number of carbonyl (C=O) groups is 2. The van der Waals surface area contributed by atoms with Crippen molar-refractivity contribution in [2.75, 3.05) is 11.9 Å². The lowest BCUT2D eigenvalue weighted by Gasteiger charge is -2.13. The highest BCUT2D eigenvalue weighted by atomic mass is 32.1. The highest BCUT2D eigenvalue weighted by Crippen LogP contribution is 2.21. The minimum absolute atomic E-state index is 0.0562. The Morgan fingerprint density at radius 1 is 1.08 bits per heavy atom. The van der Waals surface area contributed by atoms with E-state index in [-0.39, 0.29) is 18.4 Å². The number of anilines is 1. The number of nitrogens with one attached hydrogen (secondary N) is 2. The van der Waals surface area contributed by atoms with Gasteiger partial charge < -0.3 is 10.6 Å². The maximum atomic E-state index is 12.0. The predicted molar refractivity (Wildman–Crippen MR) is 100 cm³/mol. The fourth-order valence-corrected chi connectivity index (χ4v) is 3.27. The summed E-state index contributed by atoms with van der Waals surface area (Å²) >= 11 is 1.61. The van der Waals surface area contributed by atoms with Crippen molar-refractivity contribution in [2.24, 2.45) is 0 Å². The number of rotatable bonds is 5. The van der Waals surface area contributed by atoms with Crippen LogP contribution in [0.5, 0.6) is 0 Å². The maximum absolute atomic E-state index is 12.0. The van der Waals surface area contributed by atoms with Gasteiger partial charge in [0.2, 0.25) is 11.8 Å². The molecular formula is C19H22N2O2S. The summed E-state index contributed by atoms with van der Waals surface area (Å²) in [6.45, 7) is 7.90. The molecule has 0 atom stereocenters. The first-order chi connectivity index (χ1) is 11.3. The molecular weight excluding hydrogens is 320 g/mol. The van der Waals surface area contributed by atoms with Crippen molar-refractivity contribution in [2.45, 2.75) is 27.7 Å². The molecule has 2 N–H and O–H groups in total. The normalized spacial score (nSPS) is 10.8. The van der Waals surface area contributed by atoms with Crippen molar-refractivity contribution in [3.05, 3.63) is 56.8 Å². The third-order valence-corrected chi connectivity index (χ3v) is 4.49. The van der Waals surface area contributed by atoms with Gasteiger partial charge in [-0.15, -0.1) is 11.3 Å². The summed E-state index contributed by atoms with van der Waals surface area (Å²) in [5.41, 5.74) is 4.00. The van der Waals surface area contributed by atoms with Gasteiger partial charge in [0.05, 0.1) is 6.54 Å². The minimum atomic E-state index is -0.284. The summed E-state index contributed by atoms with van der Waals surface area (Å²) in [6.07, 6.45) is 3.19. The van der Waals surface area contributed by atoms with Crippen molar-refractivity contribution >= 4 is 34.9 Å². The molecule has 1 heterocycles. The van der Waals surface area contributed by atoms with Crippen LogP contribution in [0.3, 0.4) is 0 Å². The van der Waals surface area contributed by atoms with E-state index < -0.39 is 0 Å². The molecule has 1 aromatic heterocycles.